The Hall–Kier alpha value is -0.100. The third-order valence-corrected chi connectivity index (χ3v) is 5.36. The molecular formula is C9H16BrNO3S. The van der Waals surface area contributed by atoms with E-state index in [0.29, 0.717) is 18.9 Å². The number of rotatable bonds is 4. The van der Waals surface area contributed by atoms with E-state index in [-0.39, 0.29) is 23.3 Å². The summed E-state index contributed by atoms with van der Waals surface area (Å²) in [4.78, 5) is 11.6. The molecule has 88 valence electrons. The van der Waals surface area contributed by atoms with Crippen LogP contribution in [0, 0.1) is 11.8 Å². The molecule has 1 rings (SSSR count). The molecule has 1 amide bonds. The molecule has 1 saturated heterocycles. The van der Waals surface area contributed by atoms with Gasteiger partial charge in [0.1, 0.15) is 0 Å². The molecule has 0 radical (unpaired) electrons. The molecule has 0 aromatic carbocycles. The number of hydrogen-bond acceptors (Lipinski definition) is 3. The van der Waals surface area contributed by atoms with Crippen molar-refractivity contribution in [1.82, 2.24) is 5.32 Å². The highest BCUT2D eigenvalue weighted by atomic mass is 79.9. The molecule has 4 nitrogen and oxygen atoms in total. The van der Waals surface area contributed by atoms with Gasteiger partial charge in [-0.15, -0.1) is 0 Å². The quantitative estimate of drug-likeness (QED) is 0.772. The van der Waals surface area contributed by atoms with Gasteiger partial charge in [0.25, 0.3) is 0 Å². The van der Waals surface area contributed by atoms with Crippen molar-refractivity contribution in [3.8, 4) is 0 Å². The molecule has 2 unspecified atom stereocenters. The van der Waals surface area contributed by atoms with Crippen LogP contribution in [0.25, 0.3) is 0 Å². The third kappa shape index (κ3) is 4.10. The first-order valence-electron chi connectivity index (χ1n) is 4.98. The molecule has 1 aliphatic heterocycles. The molecule has 6 heteroatoms. The summed E-state index contributed by atoms with van der Waals surface area (Å²) in [5.41, 5.74) is 0. The average molecular weight is 298 g/mol. The zero-order chi connectivity index (χ0) is 11.5. The summed E-state index contributed by atoms with van der Waals surface area (Å²) in [5, 5.41) is 3.61. The summed E-state index contributed by atoms with van der Waals surface area (Å²) < 4.78 is 22.3. The lowest BCUT2D eigenvalue weighted by molar-refractivity contribution is -0.124. The highest BCUT2D eigenvalue weighted by Gasteiger charge is 2.32. The number of halogens is 1. The smallest absolute Gasteiger partial charge is 0.224 e. The van der Waals surface area contributed by atoms with Crippen LogP contribution < -0.4 is 5.32 Å². The first-order chi connectivity index (χ1) is 6.94. The summed E-state index contributed by atoms with van der Waals surface area (Å²) in [6.07, 6.45) is 0.469. The fourth-order valence-electron chi connectivity index (χ4n) is 1.48. The number of hydrogen-bond donors (Lipinski definition) is 1. The second kappa shape index (κ2) is 5.30. The van der Waals surface area contributed by atoms with Crippen molar-refractivity contribution in [1.29, 1.82) is 0 Å². The van der Waals surface area contributed by atoms with Crippen molar-refractivity contribution in [3.05, 3.63) is 0 Å². The zero-order valence-corrected chi connectivity index (χ0v) is 11.1. The van der Waals surface area contributed by atoms with Crippen LogP contribution in [-0.4, -0.2) is 37.7 Å². The van der Waals surface area contributed by atoms with Crippen molar-refractivity contribution in [3.63, 3.8) is 0 Å². The average Bonchev–Trinajstić information content (AvgIpc) is 2.54. The van der Waals surface area contributed by atoms with E-state index in [9.17, 15) is 13.2 Å². The summed E-state index contributed by atoms with van der Waals surface area (Å²) in [6.45, 7) is 2.61. The maximum Gasteiger partial charge on any atom is 0.224 e. The molecular weight excluding hydrogens is 282 g/mol. The van der Waals surface area contributed by atoms with Crippen LogP contribution in [0.2, 0.25) is 0 Å². The highest BCUT2D eigenvalue weighted by molar-refractivity contribution is 9.09. The summed E-state index contributed by atoms with van der Waals surface area (Å²) in [5.74, 6) is 0.0778. The SMILES string of the molecule is CC(CBr)CNC(=O)C1CCS(=O)(=O)C1. The van der Waals surface area contributed by atoms with E-state index >= 15 is 0 Å². The Morgan fingerprint density at radius 2 is 2.27 bits per heavy atom. The van der Waals surface area contributed by atoms with Crippen molar-refractivity contribution >= 4 is 31.7 Å². The molecule has 1 aliphatic rings. The van der Waals surface area contributed by atoms with Gasteiger partial charge < -0.3 is 5.32 Å². The van der Waals surface area contributed by atoms with Crippen LogP contribution in [0.15, 0.2) is 0 Å². The number of sulfone groups is 1. The fourth-order valence-corrected chi connectivity index (χ4v) is 3.45. The predicted molar refractivity (Wildman–Crippen MR) is 62.7 cm³/mol. The lowest BCUT2D eigenvalue weighted by Gasteiger charge is -2.12. The van der Waals surface area contributed by atoms with Crippen LogP contribution in [0.1, 0.15) is 13.3 Å². The maximum absolute atomic E-state index is 11.6. The molecule has 15 heavy (non-hydrogen) atoms. The Labute approximate surface area is 98.9 Å². The second-order valence-electron chi connectivity index (χ2n) is 4.10. The summed E-state index contributed by atoms with van der Waals surface area (Å²) in [7, 11) is -2.95. The lowest BCUT2D eigenvalue weighted by atomic mass is 10.1. The van der Waals surface area contributed by atoms with E-state index in [4.69, 9.17) is 0 Å². The normalized spacial score (nSPS) is 26.1. The van der Waals surface area contributed by atoms with Crippen LogP contribution >= 0.6 is 15.9 Å². The topological polar surface area (TPSA) is 63.2 Å². The third-order valence-electron chi connectivity index (χ3n) is 2.49. The minimum Gasteiger partial charge on any atom is -0.356 e. The number of carbonyl (C=O) groups excluding carboxylic acids is 1. The van der Waals surface area contributed by atoms with E-state index in [2.05, 4.69) is 21.2 Å². The van der Waals surface area contributed by atoms with Gasteiger partial charge in [-0.3, -0.25) is 4.79 Å². The number of carbonyl (C=O) groups is 1. The Morgan fingerprint density at radius 1 is 1.60 bits per heavy atom. The molecule has 2 atom stereocenters. The van der Waals surface area contributed by atoms with Gasteiger partial charge in [-0.25, -0.2) is 8.42 Å². The number of amides is 1. The van der Waals surface area contributed by atoms with Crippen LogP contribution in [0.5, 0.6) is 0 Å². The van der Waals surface area contributed by atoms with E-state index in [1.54, 1.807) is 0 Å². The molecule has 0 aromatic rings. The monoisotopic (exact) mass is 297 g/mol. The molecule has 0 bridgehead atoms. The lowest BCUT2D eigenvalue weighted by Crippen LogP contribution is -2.34. The van der Waals surface area contributed by atoms with Gasteiger partial charge in [-0.05, 0) is 12.3 Å². The summed E-state index contributed by atoms with van der Waals surface area (Å²) >= 11 is 3.32. The fraction of sp³-hybridized carbons (Fsp3) is 0.889. The van der Waals surface area contributed by atoms with Gasteiger partial charge in [0.15, 0.2) is 9.84 Å². The molecule has 0 aliphatic carbocycles. The van der Waals surface area contributed by atoms with E-state index in [1.165, 1.54) is 0 Å². The van der Waals surface area contributed by atoms with Crippen LogP contribution in [0.4, 0.5) is 0 Å². The van der Waals surface area contributed by atoms with Crippen molar-refractivity contribution in [2.24, 2.45) is 11.8 Å². The number of alkyl halides is 1. The molecule has 0 saturated carbocycles. The molecule has 1 N–H and O–H groups in total. The predicted octanol–water partition coefficient (Wildman–Crippen LogP) is 0.568. The standard InChI is InChI=1S/C9H16BrNO3S/c1-7(4-10)5-11-9(12)8-2-3-15(13,14)6-8/h7-8H,2-6H2,1H3,(H,11,12). The Balaban J connectivity index is 2.36. The largest absolute Gasteiger partial charge is 0.356 e. The van der Waals surface area contributed by atoms with E-state index in [1.807, 2.05) is 6.92 Å². The van der Waals surface area contributed by atoms with Gasteiger partial charge in [0.2, 0.25) is 5.91 Å². The summed E-state index contributed by atoms with van der Waals surface area (Å²) in [6, 6.07) is 0. The van der Waals surface area contributed by atoms with Crippen LogP contribution in [0.3, 0.4) is 0 Å². The highest BCUT2D eigenvalue weighted by Crippen LogP contribution is 2.18. The Morgan fingerprint density at radius 3 is 2.73 bits per heavy atom. The minimum absolute atomic E-state index is 0.0154. The molecule has 0 aromatic heterocycles. The zero-order valence-electron chi connectivity index (χ0n) is 8.70. The Kier molecular flexibility index (Phi) is 4.58. The van der Waals surface area contributed by atoms with Crippen LogP contribution in [-0.2, 0) is 14.6 Å². The first-order valence-corrected chi connectivity index (χ1v) is 7.93. The minimum atomic E-state index is -2.95. The van der Waals surface area contributed by atoms with Crippen molar-refractivity contribution < 1.29 is 13.2 Å². The second-order valence-corrected chi connectivity index (χ2v) is 6.98. The van der Waals surface area contributed by atoms with Crippen molar-refractivity contribution in [2.75, 3.05) is 23.4 Å². The molecule has 0 spiro atoms. The van der Waals surface area contributed by atoms with Crippen molar-refractivity contribution in [2.45, 2.75) is 13.3 Å². The Bertz CT molecular complexity index is 328. The van der Waals surface area contributed by atoms with Gasteiger partial charge in [0.05, 0.1) is 17.4 Å². The van der Waals surface area contributed by atoms with Gasteiger partial charge in [-0.2, -0.15) is 0 Å². The molecule has 1 fully saturated rings. The number of nitrogens with one attached hydrogen (secondary N) is 1. The van der Waals surface area contributed by atoms with Gasteiger partial charge in [-0.1, -0.05) is 22.9 Å². The maximum atomic E-state index is 11.6. The first kappa shape index (κ1) is 13.0. The molecule has 1 heterocycles. The van der Waals surface area contributed by atoms with E-state index in [0.717, 1.165) is 5.33 Å². The van der Waals surface area contributed by atoms with Gasteiger partial charge >= 0.3 is 0 Å². The van der Waals surface area contributed by atoms with E-state index < -0.39 is 9.84 Å². The van der Waals surface area contributed by atoms with Gasteiger partial charge in [0, 0.05) is 11.9 Å².